The van der Waals surface area contributed by atoms with Crippen molar-refractivity contribution in [2.24, 2.45) is 4.99 Å². The summed E-state index contributed by atoms with van der Waals surface area (Å²) in [4.78, 5) is 23.8. The lowest BCUT2D eigenvalue weighted by atomic mass is 9.85. The third-order valence-corrected chi connectivity index (χ3v) is 6.62. The molecule has 0 unspecified atom stereocenters. The van der Waals surface area contributed by atoms with E-state index in [9.17, 15) is 4.79 Å². The number of benzene rings is 1. The Balaban J connectivity index is 1.39. The minimum absolute atomic E-state index is 0.00149. The van der Waals surface area contributed by atoms with E-state index < -0.39 is 0 Å². The van der Waals surface area contributed by atoms with Gasteiger partial charge in [-0.25, -0.2) is 0 Å². The van der Waals surface area contributed by atoms with Crippen LogP contribution in [0.1, 0.15) is 25.0 Å². The molecular formula is C23H23N3O3S. The van der Waals surface area contributed by atoms with E-state index in [1.165, 1.54) is 17.3 Å². The minimum Gasteiger partial charge on any atom is -0.492 e. The molecule has 0 radical (unpaired) electrons. The van der Waals surface area contributed by atoms with E-state index in [1.54, 1.807) is 6.20 Å². The van der Waals surface area contributed by atoms with Crippen molar-refractivity contribution in [2.45, 2.75) is 19.3 Å². The van der Waals surface area contributed by atoms with Gasteiger partial charge in [-0.1, -0.05) is 19.9 Å². The molecule has 6 nitrogen and oxygen atoms in total. The van der Waals surface area contributed by atoms with Gasteiger partial charge in [0.2, 0.25) is 0 Å². The Morgan fingerprint density at radius 3 is 2.80 bits per heavy atom. The summed E-state index contributed by atoms with van der Waals surface area (Å²) in [7, 11) is 0. The number of aromatic nitrogens is 1. The molecule has 0 spiro atoms. The summed E-state index contributed by atoms with van der Waals surface area (Å²) < 4.78 is 11.2. The molecule has 2 aromatic rings. The molecule has 5 rings (SSSR count). The zero-order chi connectivity index (χ0) is 20.7. The van der Waals surface area contributed by atoms with E-state index >= 15 is 0 Å². The number of amidine groups is 1. The molecule has 154 valence electrons. The lowest BCUT2D eigenvalue weighted by molar-refractivity contribution is -0.113. The molecule has 3 aliphatic heterocycles. The molecule has 1 aromatic carbocycles. The highest BCUT2D eigenvalue weighted by atomic mass is 32.2. The number of carbonyl (C=O) groups is 1. The fraction of sp³-hybridized carbons (Fsp3) is 0.348. The van der Waals surface area contributed by atoms with Crippen LogP contribution in [-0.2, 0) is 14.9 Å². The highest BCUT2D eigenvalue weighted by Crippen LogP contribution is 2.40. The van der Waals surface area contributed by atoms with Crippen molar-refractivity contribution in [3.63, 3.8) is 0 Å². The lowest BCUT2D eigenvalue weighted by Gasteiger charge is -2.27. The van der Waals surface area contributed by atoms with Gasteiger partial charge in [-0.3, -0.25) is 9.78 Å². The summed E-state index contributed by atoms with van der Waals surface area (Å²) in [5.41, 5.74) is 4.21. The van der Waals surface area contributed by atoms with E-state index in [4.69, 9.17) is 9.47 Å². The summed E-state index contributed by atoms with van der Waals surface area (Å²) >= 11 is 1.43. The van der Waals surface area contributed by atoms with Crippen molar-refractivity contribution in [1.29, 1.82) is 0 Å². The third-order valence-electron chi connectivity index (χ3n) is 5.58. The molecule has 0 atom stereocenters. The average molecular weight is 422 g/mol. The van der Waals surface area contributed by atoms with Crippen LogP contribution in [0.5, 0.6) is 5.75 Å². The first-order valence-corrected chi connectivity index (χ1v) is 10.9. The minimum atomic E-state index is -0.191. The van der Waals surface area contributed by atoms with Crippen molar-refractivity contribution in [2.75, 3.05) is 32.9 Å². The number of ether oxygens (including phenoxy) is 2. The highest BCUT2D eigenvalue weighted by molar-refractivity contribution is 8.18. The van der Waals surface area contributed by atoms with Gasteiger partial charge in [0.1, 0.15) is 5.75 Å². The van der Waals surface area contributed by atoms with Gasteiger partial charge in [-0.2, -0.15) is 4.99 Å². The van der Waals surface area contributed by atoms with E-state index in [-0.39, 0.29) is 11.3 Å². The molecule has 7 heteroatoms. The quantitative estimate of drug-likeness (QED) is 0.689. The number of pyridine rings is 1. The van der Waals surface area contributed by atoms with Gasteiger partial charge in [0.25, 0.3) is 5.91 Å². The SMILES string of the molecule is CC1(C)COc2ccc(-c3cncc(/C=C4\SC(N5CCOCC5)=NC4=O)c3)cc21. The maximum absolute atomic E-state index is 12.4. The van der Waals surface area contributed by atoms with Crippen molar-refractivity contribution >= 4 is 28.9 Å². The van der Waals surface area contributed by atoms with Crippen LogP contribution in [0.15, 0.2) is 46.6 Å². The number of hydrogen-bond donors (Lipinski definition) is 0. The van der Waals surface area contributed by atoms with Crippen molar-refractivity contribution < 1.29 is 14.3 Å². The van der Waals surface area contributed by atoms with Gasteiger partial charge in [0, 0.05) is 42.0 Å². The Morgan fingerprint density at radius 1 is 1.13 bits per heavy atom. The van der Waals surface area contributed by atoms with Gasteiger partial charge >= 0.3 is 0 Å². The van der Waals surface area contributed by atoms with Crippen LogP contribution < -0.4 is 4.74 Å². The van der Waals surface area contributed by atoms with Crippen LogP contribution in [-0.4, -0.2) is 53.9 Å². The summed E-state index contributed by atoms with van der Waals surface area (Å²) in [6, 6.07) is 8.34. The van der Waals surface area contributed by atoms with Crippen molar-refractivity contribution in [1.82, 2.24) is 9.88 Å². The molecule has 1 aromatic heterocycles. The predicted molar refractivity (Wildman–Crippen MR) is 119 cm³/mol. The van der Waals surface area contributed by atoms with E-state index in [2.05, 4.69) is 46.9 Å². The molecule has 1 fully saturated rings. The number of thioether (sulfide) groups is 1. The van der Waals surface area contributed by atoms with Crippen LogP contribution in [0.3, 0.4) is 0 Å². The van der Waals surface area contributed by atoms with Gasteiger partial charge < -0.3 is 14.4 Å². The van der Waals surface area contributed by atoms with Crippen LogP contribution in [0.2, 0.25) is 0 Å². The topological polar surface area (TPSA) is 64.0 Å². The second kappa shape index (κ2) is 7.56. The van der Waals surface area contributed by atoms with Crippen molar-refractivity contribution in [3.05, 3.63) is 52.7 Å². The molecule has 1 saturated heterocycles. The first kappa shape index (κ1) is 19.3. The predicted octanol–water partition coefficient (Wildman–Crippen LogP) is 3.72. The fourth-order valence-electron chi connectivity index (χ4n) is 3.83. The molecule has 0 N–H and O–H groups in total. The Kier molecular flexibility index (Phi) is 4.87. The normalized spacial score (nSPS) is 21.5. The monoisotopic (exact) mass is 421 g/mol. The van der Waals surface area contributed by atoms with Crippen LogP contribution in [0, 0.1) is 0 Å². The Morgan fingerprint density at radius 2 is 1.97 bits per heavy atom. The first-order chi connectivity index (χ1) is 14.5. The Hall–Kier alpha value is -2.64. The van der Waals surface area contributed by atoms with Crippen molar-refractivity contribution in [3.8, 4) is 16.9 Å². The number of morpholine rings is 1. The number of nitrogens with zero attached hydrogens (tertiary/aromatic N) is 3. The Bertz CT molecular complexity index is 1070. The third kappa shape index (κ3) is 3.63. The van der Waals surface area contributed by atoms with E-state index in [0.29, 0.717) is 24.7 Å². The smallest absolute Gasteiger partial charge is 0.286 e. The Labute approximate surface area is 180 Å². The molecule has 3 aliphatic rings. The molecule has 0 aliphatic carbocycles. The number of hydrogen-bond acceptors (Lipinski definition) is 6. The molecule has 4 heterocycles. The maximum atomic E-state index is 12.4. The number of rotatable bonds is 2. The van der Waals surface area contributed by atoms with Gasteiger partial charge in [-0.15, -0.1) is 0 Å². The largest absolute Gasteiger partial charge is 0.492 e. The molecule has 0 saturated carbocycles. The van der Waals surface area contributed by atoms with Crippen LogP contribution in [0.4, 0.5) is 0 Å². The van der Waals surface area contributed by atoms with Gasteiger partial charge in [0.15, 0.2) is 5.17 Å². The lowest BCUT2D eigenvalue weighted by Crippen LogP contribution is -2.38. The number of amides is 1. The zero-order valence-electron chi connectivity index (χ0n) is 17.1. The zero-order valence-corrected chi connectivity index (χ0v) is 17.9. The standard InChI is InChI=1S/C23H23N3O3S/c1-23(2)14-29-19-4-3-16(11-18(19)23)17-9-15(12-24-13-17)10-20-21(27)25-22(30-20)26-5-7-28-8-6-26/h3-4,9-13H,5-8,14H2,1-2H3/b20-10-. The number of fused-ring (bicyclic) bond motifs is 1. The van der Waals surface area contributed by atoms with Crippen LogP contribution >= 0.6 is 11.8 Å². The summed E-state index contributed by atoms with van der Waals surface area (Å²) in [5, 5.41) is 0.763. The summed E-state index contributed by atoms with van der Waals surface area (Å²) in [5.74, 6) is 0.763. The maximum Gasteiger partial charge on any atom is 0.286 e. The second-order valence-electron chi connectivity index (χ2n) is 8.30. The number of carbonyl (C=O) groups excluding carboxylic acids is 1. The second-order valence-corrected chi connectivity index (χ2v) is 9.31. The van der Waals surface area contributed by atoms with Gasteiger partial charge in [0.05, 0.1) is 24.7 Å². The van der Waals surface area contributed by atoms with E-state index in [0.717, 1.165) is 40.7 Å². The highest BCUT2D eigenvalue weighted by Gasteiger charge is 2.32. The fourth-order valence-corrected chi connectivity index (χ4v) is 4.80. The van der Waals surface area contributed by atoms with Crippen LogP contribution in [0.25, 0.3) is 17.2 Å². The summed E-state index contributed by atoms with van der Waals surface area (Å²) in [6.07, 6.45) is 5.50. The molecule has 0 bridgehead atoms. The van der Waals surface area contributed by atoms with Gasteiger partial charge in [-0.05, 0) is 47.2 Å². The van der Waals surface area contributed by atoms with E-state index in [1.807, 2.05) is 18.3 Å². The molecular weight excluding hydrogens is 398 g/mol. The summed E-state index contributed by atoms with van der Waals surface area (Å²) in [6.45, 7) is 7.95. The molecule has 1 amide bonds. The number of aliphatic imine (C=N–C) groups is 1. The molecule has 30 heavy (non-hydrogen) atoms. The average Bonchev–Trinajstić information content (AvgIpc) is 3.28. The first-order valence-electron chi connectivity index (χ1n) is 10.1.